The van der Waals surface area contributed by atoms with Gasteiger partial charge in [-0.1, -0.05) is 44.0 Å². The monoisotopic (exact) mass is 344 g/mol. The van der Waals surface area contributed by atoms with Crippen LogP contribution in [0.2, 0.25) is 0 Å². The number of esters is 1. The Morgan fingerprint density at radius 3 is 2.72 bits per heavy atom. The normalized spacial score (nSPS) is 16.3. The zero-order valence-corrected chi connectivity index (χ0v) is 14.6. The number of hydrogen-bond acceptors (Lipinski definition) is 5. The lowest BCUT2D eigenvalue weighted by atomic mass is 10.1. The Labute approximate surface area is 146 Å². The van der Waals surface area contributed by atoms with E-state index in [4.69, 9.17) is 4.74 Å². The standard InChI is InChI=1S/C18H24N4O3/c1-12(2)17(18(24)19-13-7-3-4-8-13)25-16(23)11-22-15-10-6-5-9-14(15)20-21-22/h5-6,9-10,12-13,17H,3-4,7-8,11H2,1-2H3,(H,19,24)/t17-/m0/s1. The fourth-order valence-corrected chi connectivity index (χ4v) is 3.18. The van der Waals surface area contributed by atoms with Gasteiger partial charge in [-0.05, 0) is 30.9 Å². The lowest BCUT2D eigenvalue weighted by Crippen LogP contribution is -2.45. The van der Waals surface area contributed by atoms with Gasteiger partial charge in [-0.2, -0.15) is 0 Å². The van der Waals surface area contributed by atoms with Gasteiger partial charge in [-0.25, -0.2) is 4.68 Å². The van der Waals surface area contributed by atoms with Crippen molar-refractivity contribution in [3.8, 4) is 0 Å². The number of benzene rings is 1. The van der Waals surface area contributed by atoms with Gasteiger partial charge in [0.25, 0.3) is 5.91 Å². The summed E-state index contributed by atoms with van der Waals surface area (Å²) in [6.07, 6.45) is 3.47. The maximum Gasteiger partial charge on any atom is 0.328 e. The van der Waals surface area contributed by atoms with Gasteiger partial charge in [0, 0.05) is 6.04 Å². The van der Waals surface area contributed by atoms with E-state index < -0.39 is 12.1 Å². The zero-order valence-electron chi connectivity index (χ0n) is 14.6. The maximum absolute atomic E-state index is 12.5. The molecule has 1 heterocycles. The van der Waals surface area contributed by atoms with Gasteiger partial charge < -0.3 is 10.1 Å². The Bertz CT molecular complexity index is 750. The highest BCUT2D eigenvalue weighted by Gasteiger charge is 2.29. The molecule has 1 N–H and O–H groups in total. The summed E-state index contributed by atoms with van der Waals surface area (Å²) < 4.78 is 6.96. The van der Waals surface area contributed by atoms with E-state index in [9.17, 15) is 9.59 Å². The van der Waals surface area contributed by atoms with Gasteiger partial charge in [-0.15, -0.1) is 5.10 Å². The highest BCUT2D eigenvalue weighted by atomic mass is 16.5. The smallest absolute Gasteiger partial charge is 0.328 e. The zero-order chi connectivity index (χ0) is 17.8. The highest BCUT2D eigenvalue weighted by Crippen LogP contribution is 2.19. The van der Waals surface area contributed by atoms with E-state index in [-0.39, 0.29) is 24.4 Å². The van der Waals surface area contributed by atoms with Crippen LogP contribution in [0, 0.1) is 5.92 Å². The molecule has 0 aliphatic heterocycles. The summed E-state index contributed by atoms with van der Waals surface area (Å²) in [6.45, 7) is 3.68. The van der Waals surface area contributed by atoms with Crippen molar-refractivity contribution in [2.75, 3.05) is 0 Å². The van der Waals surface area contributed by atoms with Gasteiger partial charge in [0.15, 0.2) is 6.10 Å². The third kappa shape index (κ3) is 4.15. The van der Waals surface area contributed by atoms with Crippen LogP contribution in [0.4, 0.5) is 0 Å². The summed E-state index contributed by atoms with van der Waals surface area (Å²) in [5, 5.41) is 11.0. The molecule has 1 atom stereocenters. The Kier molecular flexibility index (Phi) is 5.31. The third-order valence-corrected chi connectivity index (χ3v) is 4.52. The number of ether oxygens (including phenoxy) is 1. The molecular formula is C18H24N4O3. The number of nitrogens with one attached hydrogen (secondary N) is 1. The first-order valence-electron chi connectivity index (χ1n) is 8.82. The van der Waals surface area contributed by atoms with Crippen LogP contribution in [0.5, 0.6) is 0 Å². The second-order valence-electron chi connectivity index (χ2n) is 6.88. The number of hydrogen-bond donors (Lipinski definition) is 1. The topological polar surface area (TPSA) is 86.1 Å². The fourth-order valence-electron chi connectivity index (χ4n) is 3.18. The van der Waals surface area contributed by atoms with E-state index in [1.54, 1.807) is 0 Å². The average molecular weight is 344 g/mol. The number of carbonyl (C=O) groups is 2. The molecule has 1 saturated carbocycles. The molecule has 0 radical (unpaired) electrons. The molecule has 2 aromatic rings. The van der Waals surface area contributed by atoms with Crippen molar-refractivity contribution in [1.82, 2.24) is 20.3 Å². The van der Waals surface area contributed by atoms with Crippen LogP contribution in [0.1, 0.15) is 39.5 Å². The lowest BCUT2D eigenvalue weighted by Gasteiger charge is -2.22. The number of fused-ring (bicyclic) bond motifs is 1. The SMILES string of the molecule is CC(C)[C@H](OC(=O)Cn1nnc2ccccc21)C(=O)NC1CCCC1. The molecule has 25 heavy (non-hydrogen) atoms. The Morgan fingerprint density at radius 1 is 1.28 bits per heavy atom. The van der Waals surface area contributed by atoms with E-state index in [0.717, 1.165) is 36.7 Å². The van der Waals surface area contributed by atoms with Crippen molar-refractivity contribution < 1.29 is 14.3 Å². The number of aromatic nitrogens is 3. The molecule has 1 amide bonds. The van der Waals surface area contributed by atoms with Crippen molar-refractivity contribution in [3.05, 3.63) is 24.3 Å². The minimum atomic E-state index is -0.789. The summed E-state index contributed by atoms with van der Waals surface area (Å²) in [6, 6.07) is 7.60. The molecule has 1 fully saturated rings. The Morgan fingerprint density at radius 2 is 2.00 bits per heavy atom. The number of rotatable bonds is 6. The highest BCUT2D eigenvalue weighted by molar-refractivity contribution is 5.84. The second kappa shape index (κ2) is 7.63. The van der Waals surface area contributed by atoms with Crippen molar-refractivity contribution in [3.63, 3.8) is 0 Å². The number of carbonyl (C=O) groups excluding carboxylic acids is 2. The third-order valence-electron chi connectivity index (χ3n) is 4.52. The summed E-state index contributed by atoms with van der Waals surface area (Å²) in [5.74, 6) is -0.799. The van der Waals surface area contributed by atoms with Gasteiger partial charge in [0.1, 0.15) is 12.1 Å². The summed E-state index contributed by atoms with van der Waals surface area (Å²) in [7, 11) is 0. The van der Waals surface area contributed by atoms with Gasteiger partial charge in [-0.3, -0.25) is 9.59 Å². The van der Waals surface area contributed by atoms with Crippen LogP contribution in [0.25, 0.3) is 11.0 Å². The number of nitrogens with zero attached hydrogens (tertiary/aromatic N) is 3. The minimum absolute atomic E-state index is 0.0690. The van der Waals surface area contributed by atoms with E-state index in [1.807, 2.05) is 38.1 Å². The number of amides is 1. The van der Waals surface area contributed by atoms with E-state index in [0.29, 0.717) is 0 Å². The van der Waals surface area contributed by atoms with E-state index >= 15 is 0 Å². The maximum atomic E-state index is 12.5. The van der Waals surface area contributed by atoms with E-state index in [2.05, 4.69) is 15.6 Å². The fraction of sp³-hybridized carbons (Fsp3) is 0.556. The van der Waals surface area contributed by atoms with Gasteiger partial charge >= 0.3 is 5.97 Å². The number of para-hydroxylation sites is 1. The summed E-state index contributed by atoms with van der Waals surface area (Å²) in [5.41, 5.74) is 1.48. The first-order valence-corrected chi connectivity index (χ1v) is 8.82. The summed E-state index contributed by atoms with van der Waals surface area (Å²) >= 11 is 0. The first-order chi connectivity index (χ1) is 12.0. The minimum Gasteiger partial charge on any atom is -0.451 e. The second-order valence-corrected chi connectivity index (χ2v) is 6.88. The molecule has 7 nitrogen and oxygen atoms in total. The van der Waals surface area contributed by atoms with Gasteiger partial charge in [0.2, 0.25) is 0 Å². The molecule has 0 spiro atoms. The largest absolute Gasteiger partial charge is 0.451 e. The van der Waals surface area contributed by atoms with Crippen molar-refractivity contribution in [2.45, 2.75) is 58.2 Å². The molecule has 1 aliphatic carbocycles. The lowest BCUT2D eigenvalue weighted by molar-refractivity contribution is -0.159. The summed E-state index contributed by atoms with van der Waals surface area (Å²) in [4.78, 5) is 24.8. The van der Waals surface area contributed by atoms with Gasteiger partial charge in [0.05, 0.1) is 5.52 Å². The van der Waals surface area contributed by atoms with Crippen LogP contribution in [0.3, 0.4) is 0 Å². The molecular weight excluding hydrogens is 320 g/mol. The Balaban J connectivity index is 1.63. The predicted molar refractivity (Wildman–Crippen MR) is 92.6 cm³/mol. The van der Waals surface area contributed by atoms with Crippen LogP contribution in [-0.2, 0) is 20.9 Å². The van der Waals surface area contributed by atoms with Crippen LogP contribution in [0.15, 0.2) is 24.3 Å². The molecule has 134 valence electrons. The molecule has 1 aromatic carbocycles. The molecule has 0 bridgehead atoms. The van der Waals surface area contributed by atoms with Crippen molar-refractivity contribution in [2.24, 2.45) is 5.92 Å². The molecule has 0 saturated heterocycles. The van der Waals surface area contributed by atoms with E-state index in [1.165, 1.54) is 4.68 Å². The molecule has 7 heteroatoms. The average Bonchev–Trinajstić information content (AvgIpc) is 3.22. The Hall–Kier alpha value is -2.44. The van der Waals surface area contributed by atoms with Crippen molar-refractivity contribution >= 4 is 22.9 Å². The van der Waals surface area contributed by atoms with Crippen LogP contribution >= 0.6 is 0 Å². The predicted octanol–water partition coefficient (Wildman–Crippen LogP) is 2.06. The molecule has 0 unspecified atom stereocenters. The van der Waals surface area contributed by atoms with Crippen LogP contribution < -0.4 is 5.32 Å². The van der Waals surface area contributed by atoms with Crippen molar-refractivity contribution in [1.29, 1.82) is 0 Å². The molecule has 1 aliphatic rings. The molecule has 3 rings (SSSR count). The first kappa shape index (κ1) is 17.4. The quantitative estimate of drug-likeness (QED) is 0.811. The van der Waals surface area contributed by atoms with Crippen LogP contribution in [-0.4, -0.2) is 39.0 Å². The molecule has 1 aromatic heterocycles.